The third-order valence-corrected chi connectivity index (χ3v) is 3.26. The summed E-state index contributed by atoms with van der Waals surface area (Å²) in [4.78, 5) is 11.8. The summed E-state index contributed by atoms with van der Waals surface area (Å²) in [7, 11) is 0. The molecule has 0 radical (unpaired) electrons. The number of hydrogen-bond donors (Lipinski definition) is 2. The summed E-state index contributed by atoms with van der Waals surface area (Å²) in [6, 6.07) is 6.50. The summed E-state index contributed by atoms with van der Waals surface area (Å²) >= 11 is 0. The van der Waals surface area contributed by atoms with Gasteiger partial charge in [0.05, 0.1) is 12.0 Å². The molecule has 1 amide bonds. The van der Waals surface area contributed by atoms with E-state index in [-0.39, 0.29) is 30.3 Å². The summed E-state index contributed by atoms with van der Waals surface area (Å²) in [6.07, 6.45) is 0. The zero-order valence-corrected chi connectivity index (χ0v) is 11.9. The Kier molecular flexibility index (Phi) is 5.17. The normalized spacial score (nSPS) is 16.4. The summed E-state index contributed by atoms with van der Waals surface area (Å²) in [5, 5.41) is 6.19. The summed E-state index contributed by atoms with van der Waals surface area (Å²) in [6.45, 7) is 7.83. The van der Waals surface area contributed by atoms with Gasteiger partial charge < -0.3 is 10.6 Å². The van der Waals surface area contributed by atoms with Crippen molar-refractivity contribution in [2.75, 3.05) is 13.1 Å². The second-order valence-corrected chi connectivity index (χ2v) is 5.01. The van der Waals surface area contributed by atoms with Crippen LogP contribution in [-0.4, -0.2) is 19.0 Å². The van der Waals surface area contributed by atoms with Crippen LogP contribution in [0.3, 0.4) is 0 Å². The van der Waals surface area contributed by atoms with Crippen molar-refractivity contribution in [3.05, 3.63) is 34.9 Å². The minimum Gasteiger partial charge on any atom is -0.349 e. The molecule has 1 heterocycles. The summed E-state index contributed by atoms with van der Waals surface area (Å²) < 4.78 is 0. The van der Waals surface area contributed by atoms with Gasteiger partial charge in [-0.15, -0.1) is 12.4 Å². The van der Waals surface area contributed by atoms with Crippen LogP contribution in [0.5, 0.6) is 0 Å². The van der Waals surface area contributed by atoms with E-state index in [0.29, 0.717) is 0 Å². The molecule has 1 fully saturated rings. The van der Waals surface area contributed by atoms with Crippen molar-refractivity contribution < 1.29 is 4.79 Å². The highest BCUT2D eigenvalue weighted by molar-refractivity contribution is 5.85. The van der Waals surface area contributed by atoms with Crippen LogP contribution >= 0.6 is 12.4 Å². The Balaban J connectivity index is 0.00000162. The number of rotatable bonds is 3. The van der Waals surface area contributed by atoms with E-state index in [1.165, 1.54) is 16.7 Å². The molecule has 1 saturated heterocycles. The number of benzene rings is 1. The third kappa shape index (κ3) is 3.47. The van der Waals surface area contributed by atoms with Gasteiger partial charge in [0.25, 0.3) is 0 Å². The molecule has 2 rings (SSSR count). The van der Waals surface area contributed by atoms with E-state index in [4.69, 9.17) is 0 Å². The largest absolute Gasteiger partial charge is 0.349 e. The van der Waals surface area contributed by atoms with Gasteiger partial charge in [-0.2, -0.15) is 0 Å². The van der Waals surface area contributed by atoms with E-state index in [0.717, 1.165) is 13.1 Å². The Morgan fingerprint density at radius 3 is 2.28 bits per heavy atom. The van der Waals surface area contributed by atoms with Crippen molar-refractivity contribution >= 4 is 18.3 Å². The standard InChI is InChI=1S/C14H20N2O.ClH/c1-9-4-10(2)6-12(5-9)11(3)16-14(17)13-7-15-8-13;/h4-6,11,13,15H,7-8H2,1-3H3,(H,16,17);1H. The minimum atomic E-state index is 0. The molecule has 0 bridgehead atoms. The van der Waals surface area contributed by atoms with E-state index in [1.54, 1.807) is 0 Å². The van der Waals surface area contributed by atoms with Crippen molar-refractivity contribution in [3.63, 3.8) is 0 Å². The number of amides is 1. The first-order valence-corrected chi connectivity index (χ1v) is 6.15. The van der Waals surface area contributed by atoms with Crippen LogP contribution in [0, 0.1) is 19.8 Å². The fourth-order valence-electron chi connectivity index (χ4n) is 2.15. The van der Waals surface area contributed by atoms with Gasteiger partial charge >= 0.3 is 0 Å². The molecule has 2 N–H and O–H groups in total. The molecule has 3 nitrogen and oxygen atoms in total. The molecule has 0 aromatic heterocycles. The molecular formula is C14H21ClN2O. The number of carbonyl (C=O) groups excluding carboxylic acids is 1. The highest BCUT2D eigenvalue weighted by Gasteiger charge is 2.25. The zero-order valence-electron chi connectivity index (χ0n) is 11.1. The SMILES string of the molecule is Cc1cc(C)cc(C(C)NC(=O)C2CNC2)c1.Cl. The van der Waals surface area contributed by atoms with Gasteiger partial charge in [-0.1, -0.05) is 29.3 Å². The van der Waals surface area contributed by atoms with Crippen molar-refractivity contribution in [1.29, 1.82) is 0 Å². The molecule has 1 aromatic carbocycles. The Morgan fingerprint density at radius 1 is 1.28 bits per heavy atom. The quantitative estimate of drug-likeness (QED) is 0.882. The van der Waals surface area contributed by atoms with E-state index < -0.39 is 0 Å². The summed E-state index contributed by atoms with van der Waals surface area (Å²) in [5.41, 5.74) is 3.67. The molecule has 1 aliphatic heterocycles. The lowest BCUT2D eigenvalue weighted by Crippen LogP contribution is -2.51. The van der Waals surface area contributed by atoms with E-state index >= 15 is 0 Å². The molecule has 18 heavy (non-hydrogen) atoms. The second-order valence-electron chi connectivity index (χ2n) is 5.01. The number of halogens is 1. The molecule has 1 unspecified atom stereocenters. The van der Waals surface area contributed by atoms with E-state index in [2.05, 4.69) is 42.7 Å². The highest BCUT2D eigenvalue weighted by Crippen LogP contribution is 2.17. The smallest absolute Gasteiger partial charge is 0.226 e. The molecule has 100 valence electrons. The number of aryl methyl sites for hydroxylation is 2. The monoisotopic (exact) mass is 268 g/mol. The molecule has 1 atom stereocenters. The van der Waals surface area contributed by atoms with Crippen LogP contribution in [0.15, 0.2) is 18.2 Å². The lowest BCUT2D eigenvalue weighted by molar-refractivity contribution is -0.127. The lowest BCUT2D eigenvalue weighted by atomic mass is 9.99. The molecule has 1 aromatic rings. The van der Waals surface area contributed by atoms with E-state index in [1.807, 2.05) is 6.92 Å². The topological polar surface area (TPSA) is 41.1 Å². The molecule has 0 aliphatic carbocycles. The fraction of sp³-hybridized carbons (Fsp3) is 0.500. The predicted molar refractivity (Wildman–Crippen MR) is 76.1 cm³/mol. The third-order valence-electron chi connectivity index (χ3n) is 3.26. The van der Waals surface area contributed by atoms with Crippen LogP contribution in [0.4, 0.5) is 0 Å². The maximum Gasteiger partial charge on any atom is 0.226 e. The zero-order chi connectivity index (χ0) is 12.4. The fourth-order valence-corrected chi connectivity index (χ4v) is 2.15. The van der Waals surface area contributed by atoms with Gasteiger partial charge in [0.1, 0.15) is 0 Å². The minimum absolute atomic E-state index is 0. The van der Waals surface area contributed by atoms with Crippen molar-refractivity contribution in [2.45, 2.75) is 26.8 Å². The predicted octanol–water partition coefficient (Wildman–Crippen LogP) is 2.12. The van der Waals surface area contributed by atoms with Crippen molar-refractivity contribution in [3.8, 4) is 0 Å². The number of nitrogens with one attached hydrogen (secondary N) is 2. The first-order chi connectivity index (χ1) is 8.06. The van der Waals surface area contributed by atoms with Gasteiger partial charge in [-0.3, -0.25) is 4.79 Å². The van der Waals surface area contributed by atoms with Crippen LogP contribution in [-0.2, 0) is 4.79 Å². The molecule has 0 saturated carbocycles. The lowest BCUT2D eigenvalue weighted by Gasteiger charge is -2.27. The molecule has 0 spiro atoms. The van der Waals surface area contributed by atoms with Gasteiger partial charge in [0.15, 0.2) is 0 Å². The van der Waals surface area contributed by atoms with Crippen LogP contribution in [0.2, 0.25) is 0 Å². The Hall–Kier alpha value is -1.06. The molecule has 1 aliphatic rings. The number of carbonyl (C=O) groups is 1. The first-order valence-electron chi connectivity index (χ1n) is 6.15. The van der Waals surface area contributed by atoms with Crippen molar-refractivity contribution in [2.24, 2.45) is 5.92 Å². The average molecular weight is 269 g/mol. The summed E-state index contributed by atoms with van der Waals surface area (Å²) in [5.74, 6) is 0.318. The maximum atomic E-state index is 11.8. The van der Waals surface area contributed by atoms with Gasteiger partial charge in [-0.05, 0) is 26.3 Å². The van der Waals surface area contributed by atoms with Crippen LogP contribution in [0.1, 0.15) is 29.7 Å². The van der Waals surface area contributed by atoms with Gasteiger partial charge in [0, 0.05) is 13.1 Å². The Bertz CT molecular complexity index is 410. The first kappa shape index (κ1) is 15.0. The van der Waals surface area contributed by atoms with Crippen LogP contribution < -0.4 is 10.6 Å². The van der Waals surface area contributed by atoms with Gasteiger partial charge in [0.2, 0.25) is 5.91 Å². The van der Waals surface area contributed by atoms with Crippen LogP contribution in [0.25, 0.3) is 0 Å². The Morgan fingerprint density at radius 2 is 1.83 bits per heavy atom. The average Bonchev–Trinajstić information content (AvgIpc) is 2.12. The van der Waals surface area contributed by atoms with E-state index in [9.17, 15) is 4.79 Å². The molecular weight excluding hydrogens is 248 g/mol. The molecule has 4 heteroatoms. The van der Waals surface area contributed by atoms with Gasteiger partial charge in [-0.25, -0.2) is 0 Å². The number of hydrogen-bond acceptors (Lipinski definition) is 2. The highest BCUT2D eigenvalue weighted by atomic mass is 35.5. The second kappa shape index (κ2) is 6.21. The Labute approximate surface area is 115 Å². The van der Waals surface area contributed by atoms with Crippen molar-refractivity contribution in [1.82, 2.24) is 10.6 Å². The maximum absolute atomic E-state index is 11.8.